The fourth-order valence-corrected chi connectivity index (χ4v) is 3.44. The van der Waals surface area contributed by atoms with Gasteiger partial charge >= 0.3 is 5.97 Å². The minimum atomic E-state index is -0.928. The van der Waals surface area contributed by atoms with E-state index in [1.54, 1.807) is 24.3 Å². The molecule has 0 aliphatic heterocycles. The number of carboxylic acid groups (broad SMARTS) is 1. The molecule has 0 fully saturated rings. The highest BCUT2D eigenvalue weighted by atomic mass is 16.5. The highest BCUT2D eigenvalue weighted by Crippen LogP contribution is 2.33. The fraction of sp³-hybridized carbons (Fsp3) is 0.231. The van der Waals surface area contributed by atoms with Crippen LogP contribution < -0.4 is 4.74 Å². The van der Waals surface area contributed by atoms with Crippen molar-refractivity contribution in [1.82, 2.24) is 0 Å². The maximum atomic E-state index is 11.7. The number of ether oxygens (including phenoxy) is 1. The number of hydrogen-bond donors (Lipinski definition) is 2. The number of aromatic hydroxyl groups is 1. The Morgan fingerprint density at radius 1 is 0.871 bits per heavy atom. The number of aromatic carboxylic acids is 1. The molecule has 0 saturated carbocycles. The zero-order chi connectivity index (χ0) is 22.4. The van der Waals surface area contributed by atoms with Crippen molar-refractivity contribution in [3.05, 3.63) is 94.0 Å². The monoisotopic (exact) mass is 418 g/mol. The molecule has 5 heteroatoms. The zero-order valence-electron chi connectivity index (χ0n) is 17.7. The average molecular weight is 418 g/mol. The minimum absolute atomic E-state index is 0.0103. The molecule has 0 atom stereocenters. The van der Waals surface area contributed by atoms with Gasteiger partial charge in [0.15, 0.2) is 5.78 Å². The SMILES string of the molecule is CCCc1c(OCc2ccc(Cc3ccc(C(=O)O)cc3)cc2)ccc(C(C)=O)c1O. The van der Waals surface area contributed by atoms with Gasteiger partial charge in [0.1, 0.15) is 18.1 Å². The Balaban J connectivity index is 1.67. The molecule has 3 aromatic carbocycles. The lowest BCUT2D eigenvalue weighted by atomic mass is 10.0. The van der Waals surface area contributed by atoms with Crippen molar-refractivity contribution in [2.45, 2.75) is 39.7 Å². The van der Waals surface area contributed by atoms with Crippen molar-refractivity contribution < 1.29 is 24.5 Å². The van der Waals surface area contributed by atoms with Crippen LogP contribution >= 0.6 is 0 Å². The molecule has 0 amide bonds. The zero-order valence-corrected chi connectivity index (χ0v) is 17.7. The summed E-state index contributed by atoms with van der Waals surface area (Å²) in [6.45, 7) is 3.80. The van der Waals surface area contributed by atoms with Gasteiger partial charge in [-0.3, -0.25) is 4.79 Å². The lowest BCUT2D eigenvalue weighted by Gasteiger charge is -2.15. The molecule has 0 aromatic heterocycles. The van der Waals surface area contributed by atoms with Gasteiger partial charge in [-0.2, -0.15) is 0 Å². The first-order valence-corrected chi connectivity index (χ1v) is 10.3. The van der Waals surface area contributed by atoms with E-state index in [1.165, 1.54) is 6.92 Å². The number of hydrogen-bond acceptors (Lipinski definition) is 4. The highest BCUT2D eigenvalue weighted by Gasteiger charge is 2.16. The number of phenols is 1. The van der Waals surface area contributed by atoms with Gasteiger partial charge in [-0.15, -0.1) is 0 Å². The van der Waals surface area contributed by atoms with Crippen LogP contribution in [0.2, 0.25) is 0 Å². The Labute approximate surface area is 181 Å². The van der Waals surface area contributed by atoms with E-state index in [2.05, 4.69) is 0 Å². The second-order valence-corrected chi connectivity index (χ2v) is 7.53. The maximum Gasteiger partial charge on any atom is 0.335 e. The Morgan fingerprint density at radius 3 is 2.00 bits per heavy atom. The number of carbonyl (C=O) groups excluding carboxylic acids is 1. The number of carbonyl (C=O) groups is 2. The van der Waals surface area contributed by atoms with Gasteiger partial charge in [0.25, 0.3) is 0 Å². The van der Waals surface area contributed by atoms with Gasteiger partial charge < -0.3 is 14.9 Å². The van der Waals surface area contributed by atoms with E-state index in [-0.39, 0.29) is 17.1 Å². The van der Waals surface area contributed by atoms with Crippen LogP contribution in [0.1, 0.15) is 63.2 Å². The number of rotatable bonds is 9. The third-order valence-electron chi connectivity index (χ3n) is 5.15. The van der Waals surface area contributed by atoms with Crippen molar-refractivity contribution in [3.8, 4) is 11.5 Å². The number of phenolic OH excluding ortho intramolecular Hbond substituents is 1. The van der Waals surface area contributed by atoms with E-state index in [1.807, 2.05) is 43.3 Å². The fourth-order valence-electron chi connectivity index (χ4n) is 3.44. The topological polar surface area (TPSA) is 83.8 Å². The molecule has 31 heavy (non-hydrogen) atoms. The quantitative estimate of drug-likeness (QED) is 0.454. The molecule has 3 rings (SSSR count). The van der Waals surface area contributed by atoms with Crippen LogP contribution in [-0.2, 0) is 19.4 Å². The molecule has 0 spiro atoms. The summed E-state index contributed by atoms with van der Waals surface area (Å²) < 4.78 is 5.96. The third-order valence-corrected chi connectivity index (χ3v) is 5.15. The van der Waals surface area contributed by atoms with E-state index in [4.69, 9.17) is 9.84 Å². The molecule has 160 valence electrons. The normalized spacial score (nSPS) is 10.6. The first-order valence-electron chi connectivity index (χ1n) is 10.3. The van der Waals surface area contributed by atoms with E-state index in [0.29, 0.717) is 36.3 Å². The van der Waals surface area contributed by atoms with Crippen molar-refractivity contribution in [2.24, 2.45) is 0 Å². The van der Waals surface area contributed by atoms with Crippen LogP contribution in [0.25, 0.3) is 0 Å². The van der Waals surface area contributed by atoms with Gasteiger partial charge in [-0.1, -0.05) is 49.7 Å². The summed E-state index contributed by atoms with van der Waals surface area (Å²) in [5, 5.41) is 19.4. The van der Waals surface area contributed by atoms with Crippen LogP contribution in [0.3, 0.4) is 0 Å². The average Bonchev–Trinajstić information content (AvgIpc) is 2.75. The molecule has 0 unspecified atom stereocenters. The first-order chi connectivity index (χ1) is 14.9. The predicted molar refractivity (Wildman–Crippen MR) is 119 cm³/mol. The van der Waals surface area contributed by atoms with Crippen molar-refractivity contribution >= 4 is 11.8 Å². The summed E-state index contributed by atoms with van der Waals surface area (Å²) >= 11 is 0. The summed E-state index contributed by atoms with van der Waals surface area (Å²) in [5.74, 6) is -0.500. The van der Waals surface area contributed by atoms with E-state index < -0.39 is 5.97 Å². The van der Waals surface area contributed by atoms with Crippen LogP contribution in [0.5, 0.6) is 11.5 Å². The van der Waals surface area contributed by atoms with Crippen molar-refractivity contribution in [2.75, 3.05) is 0 Å². The summed E-state index contributed by atoms with van der Waals surface area (Å²) in [6.07, 6.45) is 2.16. The molecule has 0 aliphatic carbocycles. The van der Waals surface area contributed by atoms with E-state index >= 15 is 0 Å². The number of benzene rings is 3. The number of Topliss-reactive ketones (excluding diaryl/α,β-unsaturated/α-hetero) is 1. The van der Waals surface area contributed by atoms with Crippen LogP contribution in [0, 0.1) is 0 Å². The Bertz CT molecular complexity index is 1070. The van der Waals surface area contributed by atoms with Crippen molar-refractivity contribution in [1.29, 1.82) is 0 Å². The maximum absolute atomic E-state index is 11.7. The number of ketones is 1. The van der Waals surface area contributed by atoms with E-state index in [9.17, 15) is 14.7 Å². The molecular weight excluding hydrogens is 392 g/mol. The summed E-state index contributed by atoms with van der Waals surface area (Å²) in [6, 6.07) is 18.2. The first kappa shape index (κ1) is 22.1. The lowest BCUT2D eigenvalue weighted by molar-refractivity contribution is 0.0696. The van der Waals surface area contributed by atoms with Crippen LogP contribution in [0.15, 0.2) is 60.7 Å². The minimum Gasteiger partial charge on any atom is -0.507 e. The molecule has 0 radical (unpaired) electrons. The van der Waals surface area contributed by atoms with Crippen LogP contribution in [0.4, 0.5) is 0 Å². The molecular formula is C26H26O5. The number of carboxylic acids is 1. The van der Waals surface area contributed by atoms with Gasteiger partial charge in [0.05, 0.1) is 11.1 Å². The molecule has 2 N–H and O–H groups in total. The van der Waals surface area contributed by atoms with Crippen LogP contribution in [-0.4, -0.2) is 22.0 Å². The predicted octanol–water partition coefficient (Wildman–Crippen LogP) is 5.42. The van der Waals surface area contributed by atoms with Gasteiger partial charge in [0, 0.05) is 5.56 Å². The smallest absolute Gasteiger partial charge is 0.335 e. The molecule has 0 heterocycles. The van der Waals surface area contributed by atoms with Gasteiger partial charge in [-0.05, 0) is 60.7 Å². The Kier molecular flexibility index (Phi) is 7.08. The summed E-state index contributed by atoms with van der Waals surface area (Å²) in [4.78, 5) is 22.6. The largest absolute Gasteiger partial charge is 0.507 e. The van der Waals surface area contributed by atoms with Gasteiger partial charge in [0.2, 0.25) is 0 Å². The molecule has 5 nitrogen and oxygen atoms in total. The summed E-state index contributed by atoms with van der Waals surface area (Å²) in [5.41, 5.74) is 4.40. The standard InChI is InChI=1S/C26H26O5/c1-3-4-23-24(14-13-22(17(2)27)25(23)28)31-16-20-7-5-18(6-8-20)15-19-9-11-21(12-10-19)26(29)30/h5-14,28H,3-4,15-16H2,1-2H3,(H,29,30). The second-order valence-electron chi connectivity index (χ2n) is 7.53. The Hall–Kier alpha value is -3.60. The Morgan fingerprint density at radius 2 is 1.45 bits per heavy atom. The molecule has 0 aliphatic rings. The summed E-state index contributed by atoms with van der Waals surface area (Å²) in [7, 11) is 0. The van der Waals surface area contributed by atoms with Crippen molar-refractivity contribution in [3.63, 3.8) is 0 Å². The van der Waals surface area contributed by atoms with E-state index in [0.717, 1.165) is 23.1 Å². The van der Waals surface area contributed by atoms with Gasteiger partial charge in [-0.25, -0.2) is 4.79 Å². The highest BCUT2D eigenvalue weighted by molar-refractivity contribution is 5.97. The third kappa shape index (κ3) is 5.51. The lowest BCUT2D eigenvalue weighted by Crippen LogP contribution is -2.02. The molecule has 0 bridgehead atoms. The molecule has 3 aromatic rings. The second kappa shape index (κ2) is 9.94. The molecule has 0 saturated heterocycles.